The van der Waals surface area contributed by atoms with Crippen molar-refractivity contribution in [1.29, 1.82) is 0 Å². The van der Waals surface area contributed by atoms with Crippen LogP contribution in [0.1, 0.15) is 31.2 Å². The topological polar surface area (TPSA) is 46.3 Å². The van der Waals surface area contributed by atoms with Crippen LogP contribution in [0.2, 0.25) is 0 Å². The minimum atomic E-state index is 0.156. The number of oxazole rings is 1. The van der Waals surface area contributed by atoms with Gasteiger partial charge in [-0.25, -0.2) is 4.98 Å². The summed E-state index contributed by atoms with van der Waals surface area (Å²) >= 11 is 1.61. The summed E-state index contributed by atoms with van der Waals surface area (Å²) in [6, 6.07) is 2.43. The summed E-state index contributed by atoms with van der Waals surface area (Å²) in [6.45, 7) is 4.68. The van der Waals surface area contributed by atoms with Gasteiger partial charge in [-0.2, -0.15) is 11.3 Å². The number of hydrogen-bond donors (Lipinski definition) is 0. The van der Waals surface area contributed by atoms with E-state index in [1.807, 2.05) is 35.6 Å². The highest BCUT2D eigenvalue weighted by atomic mass is 32.1. The number of amides is 1. The van der Waals surface area contributed by atoms with Crippen molar-refractivity contribution in [2.45, 2.75) is 39.2 Å². The van der Waals surface area contributed by atoms with Crippen molar-refractivity contribution in [1.82, 2.24) is 9.88 Å². The fourth-order valence-electron chi connectivity index (χ4n) is 2.37. The van der Waals surface area contributed by atoms with Gasteiger partial charge in [0.05, 0.1) is 12.1 Å². The predicted molar refractivity (Wildman–Crippen MR) is 78.7 cm³/mol. The Morgan fingerprint density at radius 1 is 1.55 bits per heavy atom. The average Bonchev–Trinajstić information content (AvgIpc) is 2.98. The maximum Gasteiger partial charge on any atom is 0.228 e. The highest BCUT2D eigenvalue weighted by Crippen LogP contribution is 2.28. The Morgan fingerprint density at radius 3 is 2.95 bits per heavy atom. The highest BCUT2D eigenvalue weighted by Gasteiger charge is 2.31. The maximum absolute atomic E-state index is 12.3. The molecule has 0 bridgehead atoms. The van der Waals surface area contributed by atoms with E-state index in [0.717, 1.165) is 36.4 Å². The van der Waals surface area contributed by atoms with E-state index >= 15 is 0 Å². The minimum absolute atomic E-state index is 0.156. The van der Waals surface area contributed by atoms with E-state index in [-0.39, 0.29) is 5.91 Å². The van der Waals surface area contributed by atoms with Crippen molar-refractivity contribution in [3.63, 3.8) is 0 Å². The predicted octanol–water partition coefficient (Wildman–Crippen LogP) is 3.26. The number of rotatable bonds is 5. The molecule has 0 aromatic carbocycles. The van der Waals surface area contributed by atoms with Crippen molar-refractivity contribution in [2.75, 3.05) is 6.54 Å². The second-order valence-electron chi connectivity index (χ2n) is 5.12. The molecule has 5 heteroatoms. The lowest BCUT2D eigenvalue weighted by atomic mass is 10.2. The zero-order chi connectivity index (χ0) is 14.1. The van der Waals surface area contributed by atoms with Gasteiger partial charge in [-0.1, -0.05) is 0 Å². The molecule has 4 nitrogen and oxygen atoms in total. The van der Waals surface area contributed by atoms with E-state index in [2.05, 4.69) is 4.98 Å². The van der Waals surface area contributed by atoms with Crippen LogP contribution in [0, 0.1) is 6.92 Å². The van der Waals surface area contributed by atoms with Crippen LogP contribution in [-0.4, -0.2) is 28.4 Å². The summed E-state index contributed by atoms with van der Waals surface area (Å²) in [7, 11) is 0. The van der Waals surface area contributed by atoms with E-state index in [9.17, 15) is 4.79 Å². The van der Waals surface area contributed by atoms with Crippen LogP contribution < -0.4 is 0 Å². The lowest BCUT2D eigenvalue weighted by molar-refractivity contribution is -0.130. The third kappa shape index (κ3) is 2.63. The first-order valence-corrected chi connectivity index (χ1v) is 7.91. The molecular formula is C15H18N2O2S. The van der Waals surface area contributed by atoms with Gasteiger partial charge in [0, 0.05) is 23.5 Å². The van der Waals surface area contributed by atoms with Crippen molar-refractivity contribution in [3.05, 3.63) is 28.3 Å². The van der Waals surface area contributed by atoms with Crippen LogP contribution in [0.4, 0.5) is 0 Å². The molecule has 20 heavy (non-hydrogen) atoms. The second-order valence-corrected chi connectivity index (χ2v) is 5.90. The van der Waals surface area contributed by atoms with Gasteiger partial charge in [0.2, 0.25) is 11.8 Å². The number of carbonyl (C=O) groups excluding carboxylic acids is 1. The second kappa shape index (κ2) is 5.40. The molecule has 2 aromatic heterocycles. The molecule has 0 N–H and O–H groups in total. The molecule has 0 radical (unpaired) electrons. The fraction of sp³-hybridized carbons (Fsp3) is 0.467. The van der Waals surface area contributed by atoms with Crippen LogP contribution in [0.3, 0.4) is 0 Å². The summed E-state index contributed by atoms with van der Waals surface area (Å²) in [5, 5.41) is 3.99. The monoisotopic (exact) mass is 290 g/mol. The molecule has 1 amide bonds. The van der Waals surface area contributed by atoms with Gasteiger partial charge >= 0.3 is 0 Å². The first-order chi connectivity index (χ1) is 9.69. The summed E-state index contributed by atoms with van der Waals surface area (Å²) in [5.41, 5.74) is 1.74. The molecular weight excluding hydrogens is 272 g/mol. The van der Waals surface area contributed by atoms with Crippen LogP contribution in [0.5, 0.6) is 0 Å². The number of likely N-dealkylation sites (N-methyl/N-ethyl adjacent to an activating group) is 1. The zero-order valence-corrected chi connectivity index (χ0v) is 12.6. The lowest BCUT2D eigenvalue weighted by Crippen LogP contribution is -2.34. The van der Waals surface area contributed by atoms with Gasteiger partial charge in [0.15, 0.2) is 0 Å². The number of aryl methyl sites for hydroxylation is 1. The molecule has 1 fully saturated rings. The van der Waals surface area contributed by atoms with E-state index < -0.39 is 0 Å². The Hall–Kier alpha value is -1.62. The minimum Gasteiger partial charge on any atom is -0.441 e. The smallest absolute Gasteiger partial charge is 0.228 e. The summed E-state index contributed by atoms with van der Waals surface area (Å²) in [6.07, 6.45) is 2.61. The van der Waals surface area contributed by atoms with Gasteiger partial charge in [-0.15, -0.1) is 0 Å². The third-order valence-corrected chi connectivity index (χ3v) is 4.31. The van der Waals surface area contributed by atoms with Gasteiger partial charge in [-0.05, 0) is 38.1 Å². The zero-order valence-electron chi connectivity index (χ0n) is 11.8. The molecule has 1 aliphatic rings. The Labute approximate surface area is 122 Å². The van der Waals surface area contributed by atoms with E-state index in [0.29, 0.717) is 18.4 Å². The van der Waals surface area contributed by atoms with E-state index in [1.165, 1.54) is 0 Å². The quantitative estimate of drug-likeness (QED) is 0.849. The van der Waals surface area contributed by atoms with Crippen molar-refractivity contribution in [3.8, 4) is 11.5 Å². The van der Waals surface area contributed by atoms with Gasteiger partial charge in [-0.3, -0.25) is 4.79 Å². The average molecular weight is 290 g/mol. The Kier molecular flexibility index (Phi) is 3.61. The van der Waals surface area contributed by atoms with Crippen LogP contribution >= 0.6 is 11.3 Å². The van der Waals surface area contributed by atoms with Gasteiger partial charge in [0.25, 0.3) is 0 Å². The largest absolute Gasteiger partial charge is 0.441 e. The molecule has 0 aliphatic heterocycles. The summed E-state index contributed by atoms with van der Waals surface area (Å²) in [5.74, 6) is 1.51. The van der Waals surface area contributed by atoms with Crippen LogP contribution in [-0.2, 0) is 11.2 Å². The van der Waals surface area contributed by atoms with Crippen molar-refractivity contribution in [2.24, 2.45) is 0 Å². The first-order valence-electron chi connectivity index (χ1n) is 6.97. The normalized spacial score (nSPS) is 14.5. The molecule has 2 heterocycles. The first kappa shape index (κ1) is 13.4. The standard InChI is InChI=1S/C15H18N2O2S/c1-3-17(12-4-5-12)14(18)8-13-10(2)19-15(16-13)11-6-7-20-9-11/h6-7,9,12H,3-5,8H2,1-2H3. The maximum atomic E-state index is 12.3. The molecule has 0 unspecified atom stereocenters. The molecule has 0 atom stereocenters. The van der Waals surface area contributed by atoms with E-state index in [1.54, 1.807) is 11.3 Å². The number of nitrogens with zero attached hydrogens (tertiary/aromatic N) is 2. The molecule has 2 aromatic rings. The molecule has 3 rings (SSSR count). The van der Waals surface area contributed by atoms with Gasteiger partial charge in [0.1, 0.15) is 5.76 Å². The number of aromatic nitrogens is 1. The molecule has 1 aliphatic carbocycles. The van der Waals surface area contributed by atoms with Crippen molar-refractivity contribution >= 4 is 17.2 Å². The SMILES string of the molecule is CCN(C(=O)Cc1nc(-c2ccsc2)oc1C)C1CC1. The number of hydrogen-bond acceptors (Lipinski definition) is 4. The Balaban J connectivity index is 1.75. The number of carbonyl (C=O) groups is 1. The fourth-order valence-corrected chi connectivity index (χ4v) is 3.00. The lowest BCUT2D eigenvalue weighted by Gasteiger charge is -2.19. The van der Waals surface area contributed by atoms with E-state index in [4.69, 9.17) is 4.42 Å². The van der Waals surface area contributed by atoms with Crippen molar-refractivity contribution < 1.29 is 9.21 Å². The summed E-state index contributed by atoms with van der Waals surface area (Å²) < 4.78 is 5.67. The van der Waals surface area contributed by atoms with Crippen LogP contribution in [0.15, 0.2) is 21.2 Å². The third-order valence-electron chi connectivity index (χ3n) is 3.63. The molecule has 106 valence electrons. The van der Waals surface area contributed by atoms with Crippen LogP contribution in [0.25, 0.3) is 11.5 Å². The molecule has 0 spiro atoms. The summed E-state index contributed by atoms with van der Waals surface area (Å²) in [4.78, 5) is 18.8. The molecule has 1 saturated carbocycles. The number of thiophene rings is 1. The Bertz CT molecular complexity index is 599. The molecule has 0 saturated heterocycles. The Morgan fingerprint density at radius 2 is 2.35 bits per heavy atom. The van der Waals surface area contributed by atoms with Gasteiger partial charge < -0.3 is 9.32 Å². The highest BCUT2D eigenvalue weighted by molar-refractivity contribution is 7.08.